The summed E-state index contributed by atoms with van der Waals surface area (Å²) in [6.45, 7) is 5.49. The van der Waals surface area contributed by atoms with E-state index in [0.717, 1.165) is 6.42 Å². The molecule has 2 heteroatoms. The van der Waals surface area contributed by atoms with Gasteiger partial charge in [0.1, 0.15) is 0 Å². The summed E-state index contributed by atoms with van der Waals surface area (Å²) in [5.41, 5.74) is 2.20. The molecule has 2 aliphatic carbocycles. The second-order valence-electron chi connectivity index (χ2n) is 6.85. The van der Waals surface area contributed by atoms with E-state index in [0.29, 0.717) is 23.0 Å². The molecule has 0 saturated heterocycles. The van der Waals surface area contributed by atoms with E-state index in [-0.39, 0.29) is 5.92 Å². The third kappa shape index (κ3) is 3.31. The summed E-state index contributed by atoms with van der Waals surface area (Å²) in [4.78, 5) is 0. The lowest BCUT2D eigenvalue weighted by Crippen LogP contribution is -2.15. The summed E-state index contributed by atoms with van der Waals surface area (Å²) in [5, 5.41) is 0. The zero-order valence-corrected chi connectivity index (χ0v) is 13.7. The Morgan fingerprint density at radius 2 is 1.83 bits per heavy atom. The Morgan fingerprint density at radius 3 is 2.43 bits per heavy atom. The van der Waals surface area contributed by atoms with E-state index in [1.54, 1.807) is 19.1 Å². The second-order valence-corrected chi connectivity index (χ2v) is 6.85. The molecule has 1 aromatic rings. The van der Waals surface area contributed by atoms with Crippen LogP contribution in [0.4, 0.5) is 8.78 Å². The number of rotatable bonds is 3. The lowest BCUT2D eigenvalue weighted by atomic mass is 9.76. The number of halogens is 2. The predicted octanol–water partition coefficient (Wildman–Crippen LogP) is 6.24. The van der Waals surface area contributed by atoms with Crippen LogP contribution >= 0.6 is 0 Å². The topological polar surface area (TPSA) is 0 Å². The van der Waals surface area contributed by atoms with E-state index in [9.17, 15) is 8.78 Å². The van der Waals surface area contributed by atoms with Crippen LogP contribution in [0.25, 0.3) is 0 Å². The fourth-order valence-corrected chi connectivity index (χ4v) is 3.81. The minimum Gasteiger partial charge on any atom is -0.203 e. The molecule has 1 saturated carbocycles. The molecule has 1 aromatic carbocycles. The van der Waals surface area contributed by atoms with Crippen molar-refractivity contribution in [1.82, 2.24) is 0 Å². The number of aryl methyl sites for hydroxylation is 1. The zero-order chi connectivity index (χ0) is 16.4. The monoisotopic (exact) mass is 314 g/mol. The molecular formula is C21H24F2. The molecule has 0 bridgehead atoms. The lowest BCUT2D eigenvalue weighted by Gasteiger charge is -2.29. The van der Waals surface area contributed by atoms with Crippen LogP contribution < -0.4 is 0 Å². The minimum atomic E-state index is -0.714. The van der Waals surface area contributed by atoms with Crippen molar-refractivity contribution in [3.8, 4) is 0 Å². The minimum absolute atomic E-state index is 0.0571. The van der Waals surface area contributed by atoms with Gasteiger partial charge in [-0.25, -0.2) is 8.78 Å². The first-order valence-electron chi connectivity index (χ1n) is 8.55. The Balaban J connectivity index is 1.69. The standard InChI is InChI=1S/C21H24F2/c1-3-15-5-7-16(8-6-15)17-9-11-18(12-10-17)19-13-4-14(2)20(22)21(19)23/h3-4,9-11,13,15-16,18H,1,5-8,12H2,2H3. The molecule has 0 heterocycles. The highest BCUT2D eigenvalue weighted by atomic mass is 19.2. The molecule has 23 heavy (non-hydrogen) atoms. The van der Waals surface area contributed by atoms with Crippen LogP contribution in [0, 0.1) is 30.4 Å². The first-order valence-corrected chi connectivity index (χ1v) is 8.55. The molecule has 2 aliphatic rings. The molecule has 1 atom stereocenters. The van der Waals surface area contributed by atoms with Crippen molar-refractivity contribution in [2.24, 2.45) is 11.8 Å². The van der Waals surface area contributed by atoms with Crippen LogP contribution in [0.5, 0.6) is 0 Å². The largest absolute Gasteiger partial charge is 0.203 e. The van der Waals surface area contributed by atoms with Crippen LogP contribution in [0.1, 0.15) is 49.1 Å². The fraction of sp³-hybridized carbons (Fsp3) is 0.429. The number of allylic oxidation sites excluding steroid dienone is 5. The average Bonchev–Trinajstić information content (AvgIpc) is 2.60. The molecule has 0 spiro atoms. The van der Waals surface area contributed by atoms with Gasteiger partial charge in [-0.05, 0) is 67.6 Å². The first kappa shape index (κ1) is 16.2. The van der Waals surface area contributed by atoms with E-state index in [1.165, 1.54) is 31.3 Å². The van der Waals surface area contributed by atoms with Crippen molar-refractivity contribution in [3.05, 3.63) is 71.4 Å². The SMILES string of the molecule is C=CC1CCC(C2=CCC(c3ccc(C)c(F)c3F)C=C2)CC1. The molecule has 1 fully saturated rings. The Labute approximate surface area is 137 Å². The summed E-state index contributed by atoms with van der Waals surface area (Å²) in [6, 6.07) is 3.38. The van der Waals surface area contributed by atoms with Crippen LogP contribution in [0.15, 0.2) is 48.6 Å². The van der Waals surface area contributed by atoms with Crippen molar-refractivity contribution in [1.29, 1.82) is 0 Å². The number of benzene rings is 1. The number of hydrogen-bond acceptors (Lipinski definition) is 0. The summed E-state index contributed by atoms with van der Waals surface area (Å²) in [5.74, 6) is -0.186. The van der Waals surface area contributed by atoms with Gasteiger partial charge in [-0.3, -0.25) is 0 Å². The van der Waals surface area contributed by atoms with Crippen LogP contribution in [-0.2, 0) is 0 Å². The summed E-state index contributed by atoms with van der Waals surface area (Å²) < 4.78 is 27.9. The molecule has 0 nitrogen and oxygen atoms in total. The summed E-state index contributed by atoms with van der Waals surface area (Å²) >= 11 is 0. The Hall–Kier alpha value is -1.70. The van der Waals surface area contributed by atoms with Crippen molar-refractivity contribution < 1.29 is 8.78 Å². The Morgan fingerprint density at radius 1 is 1.09 bits per heavy atom. The molecule has 0 aromatic heterocycles. The maximum Gasteiger partial charge on any atom is 0.162 e. The van der Waals surface area contributed by atoms with E-state index < -0.39 is 11.6 Å². The van der Waals surface area contributed by atoms with Crippen LogP contribution in [-0.4, -0.2) is 0 Å². The maximum atomic E-state index is 14.1. The Bertz CT molecular complexity index is 646. The molecule has 0 amide bonds. The molecule has 3 rings (SSSR count). The fourth-order valence-electron chi connectivity index (χ4n) is 3.81. The normalized spacial score (nSPS) is 27.6. The van der Waals surface area contributed by atoms with Crippen molar-refractivity contribution in [2.75, 3.05) is 0 Å². The van der Waals surface area contributed by atoms with Gasteiger partial charge >= 0.3 is 0 Å². The molecular weight excluding hydrogens is 290 g/mol. The molecule has 1 unspecified atom stereocenters. The van der Waals surface area contributed by atoms with E-state index in [4.69, 9.17) is 0 Å². The highest BCUT2D eigenvalue weighted by Gasteiger charge is 2.24. The summed E-state index contributed by atoms with van der Waals surface area (Å²) in [7, 11) is 0. The van der Waals surface area contributed by atoms with Gasteiger partial charge in [-0.2, -0.15) is 0 Å². The zero-order valence-electron chi connectivity index (χ0n) is 13.7. The van der Waals surface area contributed by atoms with Gasteiger partial charge in [0.15, 0.2) is 11.6 Å². The van der Waals surface area contributed by atoms with E-state index >= 15 is 0 Å². The lowest BCUT2D eigenvalue weighted by molar-refractivity contribution is 0.347. The Kier molecular flexibility index (Phi) is 4.79. The highest BCUT2D eigenvalue weighted by molar-refractivity contribution is 5.36. The molecule has 0 N–H and O–H groups in total. The predicted molar refractivity (Wildman–Crippen MR) is 91.3 cm³/mol. The van der Waals surface area contributed by atoms with Gasteiger partial charge in [0.25, 0.3) is 0 Å². The van der Waals surface area contributed by atoms with Gasteiger partial charge in [-0.15, -0.1) is 6.58 Å². The third-order valence-corrected chi connectivity index (χ3v) is 5.41. The highest BCUT2D eigenvalue weighted by Crippen LogP contribution is 2.38. The number of hydrogen-bond donors (Lipinski definition) is 0. The van der Waals surface area contributed by atoms with Gasteiger partial charge < -0.3 is 0 Å². The average molecular weight is 314 g/mol. The van der Waals surface area contributed by atoms with Gasteiger partial charge in [-0.1, -0.05) is 36.4 Å². The second kappa shape index (κ2) is 6.82. The van der Waals surface area contributed by atoms with Crippen molar-refractivity contribution in [2.45, 2.75) is 44.9 Å². The van der Waals surface area contributed by atoms with Crippen molar-refractivity contribution in [3.63, 3.8) is 0 Å². The van der Waals surface area contributed by atoms with Gasteiger partial charge in [0.05, 0.1) is 0 Å². The van der Waals surface area contributed by atoms with Crippen LogP contribution in [0.2, 0.25) is 0 Å². The summed E-state index contributed by atoms with van der Waals surface area (Å²) in [6.07, 6.45) is 14.0. The van der Waals surface area contributed by atoms with Gasteiger partial charge in [0, 0.05) is 5.92 Å². The molecule has 122 valence electrons. The van der Waals surface area contributed by atoms with Crippen LogP contribution in [0.3, 0.4) is 0 Å². The van der Waals surface area contributed by atoms with E-state index in [2.05, 4.69) is 24.8 Å². The van der Waals surface area contributed by atoms with E-state index in [1.807, 2.05) is 6.08 Å². The quantitative estimate of drug-likeness (QED) is 0.580. The van der Waals surface area contributed by atoms with Gasteiger partial charge in [0.2, 0.25) is 0 Å². The first-order chi connectivity index (χ1) is 11.1. The smallest absolute Gasteiger partial charge is 0.162 e. The maximum absolute atomic E-state index is 14.1. The molecule has 0 aliphatic heterocycles. The van der Waals surface area contributed by atoms with Crippen molar-refractivity contribution >= 4 is 0 Å². The molecule has 0 radical (unpaired) electrons. The third-order valence-electron chi connectivity index (χ3n) is 5.41.